The van der Waals surface area contributed by atoms with Crippen LogP contribution in [0.5, 0.6) is 0 Å². The number of hydrogen-bond acceptors (Lipinski definition) is 6. The summed E-state index contributed by atoms with van der Waals surface area (Å²) in [4.78, 5) is 22.5. The highest BCUT2D eigenvalue weighted by Gasteiger charge is 2.24. The molecule has 0 aromatic carbocycles. The molecule has 23 heavy (non-hydrogen) atoms. The molecule has 2 aromatic rings. The van der Waals surface area contributed by atoms with Crippen LogP contribution in [0, 0.1) is 6.92 Å². The van der Waals surface area contributed by atoms with Crippen molar-refractivity contribution in [2.75, 3.05) is 18.0 Å². The molecule has 0 amide bonds. The van der Waals surface area contributed by atoms with Crippen LogP contribution in [-0.2, 0) is 4.74 Å². The quantitative estimate of drug-likeness (QED) is 0.804. The third-order valence-electron chi connectivity index (χ3n) is 3.99. The van der Waals surface area contributed by atoms with Crippen LogP contribution >= 0.6 is 0 Å². The normalized spacial score (nSPS) is 21.5. The number of carbonyl (C=O) groups excluding carboxylic acids is 1. The minimum absolute atomic E-state index is 0.00106. The lowest BCUT2D eigenvalue weighted by atomic mass is 10.2. The van der Waals surface area contributed by atoms with Gasteiger partial charge >= 0.3 is 0 Å². The maximum atomic E-state index is 11.6. The number of ketones is 1. The SMILES string of the molecule is CC(=O)c1cnn(-c2cc(N3C[C@@H](C)O[C@@H](C)C3)ncn2)c1C. The molecule has 7 heteroatoms. The number of hydrogen-bond donors (Lipinski definition) is 0. The van der Waals surface area contributed by atoms with Crippen LogP contribution in [0.3, 0.4) is 0 Å². The van der Waals surface area contributed by atoms with Crippen molar-refractivity contribution in [2.24, 2.45) is 0 Å². The van der Waals surface area contributed by atoms with Gasteiger partial charge in [-0.25, -0.2) is 14.6 Å². The minimum atomic E-state index is -0.00106. The molecule has 0 spiro atoms. The average molecular weight is 315 g/mol. The zero-order valence-electron chi connectivity index (χ0n) is 13.9. The fraction of sp³-hybridized carbons (Fsp3) is 0.500. The van der Waals surface area contributed by atoms with Gasteiger partial charge in [0.25, 0.3) is 0 Å². The predicted molar refractivity (Wildman–Crippen MR) is 86.1 cm³/mol. The Morgan fingerprint density at radius 3 is 2.48 bits per heavy atom. The molecular formula is C16H21N5O2. The smallest absolute Gasteiger partial charge is 0.163 e. The number of nitrogens with zero attached hydrogens (tertiary/aromatic N) is 5. The molecule has 0 aliphatic carbocycles. The van der Waals surface area contributed by atoms with Crippen molar-refractivity contribution in [3.8, 4) is 5.82 Å². The van der Waals surface area contributed by atoms with Crippen molar-refractivity contribution in [3.63, 3.8) is 0 Å². The summed E-state index contributed by atoms with van der Waals surface area (Å²) in [5, 5.41) is 4.29. The van der Waals surface area contributed by atoms with Crippen molar-refractivity contribution in [1.29, 1.82) is 0 Å². The van der Waals surface area contributed by atoms with Gasteiger partial charge in [-0.1, -0.05) is 0 Å². The van der Waals surface area contributed by atoms with E-state index in [9.17, 15) is 4.79 Å². The van der Waals surface area contributed by atoms with Gasteiger partial charge in [0.15, 0.2) is 11.6 Å². The second kappa shape index (κ2) is 6.08. The molecule has 3 rings (SSSR count). The van der Waals surface area contributed by atoms with Crippen molar-refractivity contribution in [3.05, 3.63) is 29.8 Å². The first-order valence-corrected chi connectivity index (χ1v) is 7.74. The van der Waals surface area contributed by atoms with Gasteiger partial charge in [0.2, 0.25) is 0 Å². The first-order valence-electron chi connectivity index (χ1n) is 7.74. The van der Waals surface area contributed by atoms with Crippen LogP contribution in [0.1, 0.15) is 36.8 Å². The Balaban J connectivity index is 1.93. The molecule has 1 saturated heterocycles. The second-order valence-corrected chi connectivity index (χ2v) is 6.01. The third-order valence-corrected chi connectivity index (χ3v) is 3.99. The van der Waals surface area contributed by atoms with E-state index in [1.54, 1.807) is 10.9 Å². The maximum Gasteiger partial charge on any atom is 0.163 e. The summed E-state index contributed by atoms with van der Waals surface area (Å²) in [6, 6.07) is 1.90. The largest absolute Gasteiger partial charge is 0.372 e. The van der Waals surface area contributed by atoms with Gasteiger partial charge in [0.05, 0.1) is 29.7 Å². The number of rotatable bonds is 3. The highest BCUT2D eigenvalue weighted by Crippen LogP contribution is 2.20. The van der Waals surface area contributed by atoms with Gasteiger partial charge in [0, 0.05) is 19.2 Å². The van der Waals surface area contributed by atoms with Crippen LogP contribution in [0.4, 0.5) is 5.82 Å². The molecule has 122 valence electrons. The van der Waals surface area contributed by atoms with E-state index < -0.39 is 0 Å². The number of morpholine rings is 1. The van der Waals surface area contributed by atoms with Gasteiger partial charge in [-0.15, -0.1) is 0 Å². The third kappa shape index (κ3) is 3.10. The summed E-state index contributed by atoms with van der Waals surface area (Å²) < 4.78 is 7.44. The van der Waals surface area contributed by atoms with Crippen molar-refractivity contribution >= 4 is 11.6 Å². The molecule has 0 unspecified atom stereocenters. The average Bonchev–Trinajstić information content (AvgIpc) is 2.88. The highest BCUT2D eigenvalue weighted by atomic mass is 16.5. The molecule has 1 aliphatic rings. The topological polar surface area (TPSA) is 73.1 Å². The second-order valence-electron chi connectivity index (χ2n) is 6.01. The number of anilines is 1. The van der Waals surface area contributed by atoms with Gasteiger partial charge in [0.1, 0.15) is 12.1 Å². The molecule has 0 bridgehead atoms. The van der Waals surface area contributed by atoms with Gasteiger partial charge in [-0.2, -0.15) is 5.10 Å². The number of ether oxygens (including phenoxy) is 1. The first-order chi connectivity index (χ1) is 11.0. The van der Waals surface area contributed by atoms with E-state index in [0.717, 1.165) is 24.6 Å². The van der Waals surface area contributed by atoms with E-state index in [1.165, 1.54) is 13.3 Å². The van der Waals surface area contributed by atoms with Crippen LogP contribution in [0.25, 0.3) is 5.82 Å². The predicted octanol–water partition coefficient (Wildman–Crippen LogP) is 1.79. The van der Waals surface area contributed by atoms with Gasteiger partial charge in [-0.3, -0.25) is 4.79 Å². The van der Waals surface area contributed by atoms with E-state index in [-0.39, 0.29) is 18.0 Å². The minimum Gasteiger partial charge on any atom is -0.372 e. The molecule has 3 heterocycles. The zero-order valence-corrected chi connectivity index (χ0v) is 13.9. The first kappa shape index (κ1) is 15.6. The van der Waals surface area contributed by atoms with Crippen LogP contribution in [-0.4, -0.2) is 50.8 Å². The molecule has 2 aromatic heterocycles. The number of carbonyl (C=O) groups is 1. The standard InChI is InChI=1S/C16H21N5O2/c1-10-7-20(8-11(2)23-10)15-5-16(18-9-17-15)21-12(3)14(6-19-21)13(4)22/h5-6,9-11H,7-8H2,1-4H3/t10-,11+. The zero-order chi connectivity index (χ0) is 16.6. The summed E-state index contributed by atoms with van der Waals surface area (Å²) in [6.07, 6.45) is 3.43. The molecule has 1 aliphatic heterocycles. The van der Waals surface area contributed by atoms with Crippen LogP contribution < -0.4 is 4.90 Å². The lowest BCUT2D eigenvalue weighted by molar-refractivity contribution is -0.00547. The summed E-state index contributed by atoms with van der Waals surface area (Å²) in [5.74, 6) is 1.50. The monoisotopic (exact) mass is 315 g/mol. The Kier molecular flexibility index (Phi) is 4.12. The summed E-state index contributed by atoms with van der Waals surface area (Å²) in [6.45, 7) is 9.10. The molecule has 7 nitrogen and oxygen atoms in total. The Bertz CT molecular complexity index is 717. The van der Waals surface area contributed by atoms with Gasteiger partial charge < -0.3 is 9.64 Å². The van der Waals surface area contributed by atoms with Crippen molar-refractivity contribution < 1.29 is 9.53 Å². The van der Waals surface area contributed by atoms with E-state index >= 15 is 0 Å². The van der Waals surface area contributed by atoms with Crippen LogP contribution in [0.2, 0.25) is 0 Å². The molecular weight excluding hydrogens is 294 g/mol. The van der Waals surface area contributed by atoms with E-state index in [0.29, 0.717) is 11.4 Å². The Hall–Kier alpha value is -2.28. The van der Waals surface area contributed by atoms with E-state index in [2.05, 4.69) is 33.8 Å². The van der Waals surface area contributed by atoms with Crippen LogP contribution in [0.15, 0.2) is 18.6 Å². The Morgan fingerprint density at radius 1 is 1.22 bits per heavy atom. The lowest BCUT2D eigenvalue weighted by Crippen LogP contribution is -2.45. The Labute approximate surface area is 135 Å². The lowest BCUT2D eigenvalue weighted by Gasteiger charge is -2.36. The maximum absolute atomic E-state index is 11.6. The molecule has 1 fully saturated rings. The summed E-state index contributed by atoms with van der Waals surface area (Å²) >= 11 is 0. The van der Waals surface area contributed by atoms with E-state index in [4.69, 9.17) is 4.74 Å². The fourth-order valence-corrected chi connectivity index (χ4v) is 2.98. The number of Topliss-reactive ketones (excluding diaryl/α,β-unsaturated/α-hetero) is 1. The molecule has 2 atom stereocenters. The summed E-state index contributed by atoms with van der Waals surface area (Å²) in [7, 11) is 0. The number of aromatic nitrogens is 4. The summed E-state index contributed by atoms with van der Waals surface area (Å²) in [5.41, 5.74) is 1.39. The molecule has 0 N–H and O–H groups in total. The Morgan fingerprint density at radius 2 is 1.87 bits per heavy atom. The highest BCUT2D eigenvalue weighted by molar-refractivity contribution is 5.95. The van der Waals surface area contributed by atoms with Gasteiger partial charge in [-0.05, 0) is 27.7 Å². The molecule has 0 radical (unpaired) electrons. The molecule has 0 saturated carbocycles. The fourth-order valence-electron chi connectivity index (χ4n) is 2.98. The van der Waals surface area contributed by atoms with Crippen molar-refractivity contribution in [2.45, 2.75) is 39.9 Å². The van der Waals surface area contributed by atoms with Crippen molar-refractivity contribution in [1.82, 2.24) is 19.7 Å². The van der Waals surface area contributed by atoms with E-state index in [1.807, 2.05) is 13.0 Å².